The molecule has 0 radical (unpaired) electrons. The van der Waals surface area contributed by atoms with Crippen LogP contribution in [0.2, 0.25) is 0 Å². The number of ether oxygens (including phenoxy) is 1. The van der Waals surface area contributed by atoms with Gasteiger partial charge in [-0.3, -0.25) is 5.32 Å². The lowest BCUT2D eigenvalue weighted by molar-refractivity contribution is 0.0703. The van der Waals surface area contributed by atoms with Gasteiger partial charge >= 0.3 is 12.1 Å². The van der Waals surface area contributed by atoms with Crippen LogP contribution < -0.4 is 5.32 Å². The van der Waals surface area contributed by atoms with Crippen molar-refractivity contribution in [2.75, 3.05) is 11.9 Å². The molecule has 1 rings (SSSR count). The van der Waals surface area contributed by atoms with Gasteiger partial charge in [-0.05, 0) is 17.4 Å². The highest BCUT2D eigenvalue weighted by Crippen LogP contribution is 2.22. The third-order valence-corrected chi connectivity index (χ3v) is 2.55. The van der Waals surface area contributed by atoms with Gasteiger partial charge in [-0.1, -0.05) is 13.8 Å². The minimum Gasteiger partial charge on any atom is -0.477 e. The summed E-state index contributed by atoms with van der Waals surface area (Å²) in [5, 5.41) is 12.8. The first-order chi connectivity index (χ1) is 7.50. The Hall–Kier alpha value is -1.56. The van der Waals surface area contributed by atoms with Gasteiger partial charge in [0.1, 0.15) is 4.88 Å². The largest absolute Gasteiger partial charge is 0.477 e. The van der Waals surface area contributed by atoms with Crippen molar-refractivity contribution in [2.24, 2.45) is 5.92 Å². The summed E-state index contributed by atoms with van der Waals surface area (Å²) >= 11 is 1.05. The quantitative estimate of drug-likeness (QED) is 0.852. The Morgan fingerprint density at radius 3 is 2.81 bits per heavy atom. The van der Waals surface area contributed by atoms with E-state index in [1.54, 1.807) is 5.38 Å². The van der Waals surface area contributed by atoms with Crippen molar-refractivity contribution in [1.82, 2.24) is 0 Å². The number of rotatable bonds is 4. The van der Waals surface area contributed by atoms with Crippen LogP contribution in [0.1, 0.15) is 23.5 Å². The van der Waals surface area contributed by atoms with Crippen LogP contribution in [0.3, 0.4) is 0 Å². The number of carbonyl (C=O) groups excluding carboxylic acids is 1. The molecule has 0 atom stereocenters. The predicted octanol–water partition coefficient (Wildman–Crippen LogP) is 2.65. The van der Waals surface area contributed by atoms with E-state index in [0.717, 1.165) is 11.3 Å². The molecule has 1 amide bonds. The summed E-state index contributed by atoms with van der Waals surface area (Å²) in [5.74, 6) is -0.818. The number of carboxylic acid groups (broad SMARTS) is 1. The van der Waals surface area contributed by atoms with Crippen LogP contribution in [-0.2, 0) is 4.74 Å². The molecule has 5 nitrogen and oxygen atoms in total. The number of thiophene rings is 1. The lowest BCUT2D eigenvalue weighted by Crippen LogP contribution is -2.17. The normalized spacial score (nSPS) is 10.2. The summed E-state index contributed by atoms with van der Waals surface area (Å²) in [5.41, 5.74) is 0.270. The van der Waals surface area contributed by atoms with Crippen molar-refractivity contribution in [3.63, 3.8) is 0 Å². The average molecular weight is 243 g/mol. The highest BCUT2D eigenvalue weighted by molar-refractivity contribution is 7.12. The van der Waals surface area contributed by atoms with Crippen molar-refractivity contribution in [2.45, 2.75) is 13.8 Å². The van der Waals surface area contributed by atoms with Gasteiger partial charge in [-0.25, -0.2) is 9.59 Å². The fourth-order valence-electron chi connectivity index (χ4n) is 0.962. The number of hydrogen-bond donors (Lipinski definition) is 2. The van der Waals surface area contributed by atoms with Crippen LogP contribution in [0.5, 0.6) is 0 Å². The molecule has 0 bridgehead atoms. The molecule has 0 saturated heterocycles. The molecule has 0 unspecified atom stereocenters. The van der Waals surface area contributed by atoms with E-state index in [-0.39, 0.29) is 16.5 Å². The van der Waals surface area contributed by atoms with Gasteiger partial charge in [0.15, 0.2) is 0 Å². The zero-order valence-corrected chi connectivity index (χ0v) is 9.84. The summed E-state index contributed by atoms with van der Waals surface area (Å²) in [4.78, 5) is 22.1. The number of hydrogen-bond acceptors (Lipinski definition) is 4. The summed E-state index contributed by atoms with van der Waals surface area (Å²) < 4.78 is 4.87. The minimum absolute atomic E-state index is 0.0986. The van der Waals surface area contributed by atoms with Gasteiger partial charge in [0, 0.05) is 0 Å². The van der Waals surface area contributed by atoms with Crippen LogP contribution in [0.25, 0.3) is 0 Å². The minimum atomic E-state index is -1.06. The number of anilines is 1. The molecule has 88 valence electrons. The molecule has 1 heterocycles. The van der Waals surface area contributed by atoms with E-state index in [9.17, 15) is 9.59 Å². The van der Waals surface area contributed by atoms with Gasteiger partial charge in [0.2, 0.25) is 0 Å². The van der Waals surface area contributed by atoms with E-state index in [1.165, 1.54) is 6.07 Å². The molecule has 1 aromatic rings. The summed E-state index contributed by atoms with van der Waals surface area (Å²) in [6.45, 7) is 4.14. The van der Waals surface area contributed by atoms with E-state index in [0.29, 0.717) is 6.61 Å². The van der Waals surface area contributed by atoms with Gasteiger partial charge in [0.05, 0.1) is 12.3 Å². The molecule has 6 heteroatoms. The lowest BCUT2D eigenvalue weighted by atomic mass is 10.2. The Labute approximate surface area is 97.0 Å². The van der Waals surface area contributed by atoms with Crippen LogP contribution in [-0.4, -0.2) is 23.8 Å². The Balaban J connectivity index is 2.56. The second-order valence-electron chi connectivity index (χ2n) is 3.59. The van der Waals surface area contributed by atoms with E-state index in [1.807, 2.05) is 13.8 Å². The zero-order chi connectivity index (χ0) is 12.1. The summed E-state index contributed by atoms with van der Waals surface area (Å²) in [6, 6.07) is 1.53. The monoisotopic (exact) mass is 243 g/mol. The number of aromatic carboxylic acids is 1. The zero-order valence-electron chi connectivity index (χ0n) is 9.02. The molecule has 0 aliphatic rings. The van der Waals surface area contributed by atoms with Crippen molar-refractivity contribution < 1.29 is 19.4 Å². The molecule has 0 aromatic carbocycles. The number of carbonyl (C=O) groups is 2. The van der Waals surface area contributed by atoms with E-state index >= 15 is 0 Å². The number of nitrogens with one attached hydrogen (secondary N) is 1. The Kier molecular flexibility index (Phi) is 4.30. The molecule has 0 spiro atoms. The average Bonchev–Trinajstić information content (AvgIpc) is 2.62. The maximum absolute atomic E-state index is 11.3. The molecule has 0 fully saturated rings. The van der Waals surface area contributed by atoms with Crippen molar-refractivity contribution in [1.29, 1.82) is 0 Å². The number of carboxylic acids is 1. The molecular formula is C10H13NO4S. The van der Waals surface area contributed by atoms with Gasteiger partial charge in [-0.15, -0.1) is 11.3 Å². The first kappa shape index (κ1) is 12.5. The molecule has 16 heavy (non-hydrogen) atoms. The number of amides is 1. The van der Waals surface area contributed by atoms with Gasteiger partial charge in [0.25, 0.3) is 0 Å². The first-order valence-corrected chi connectivity index (χ1v) is 5.63. The highest BCUT2D eigenvalue weighted by atomic mass is 32.1. The SMILES string of the molecule is CC(C)COC(=O)Nc1ccsc1C(=O)O. The van der Waals surface area contributed by atoms with Crippen molar-refractivity contribution in [3.05, 3.63) is 16.3 Å². The smallest absolute Gasteiger partial charge is 0.411 e. The highest BCUT2D eigenvalue weighted by Gasteiger charge is 2.14. The van der Waals surface area contributed by atoms with Crippen LogP contribution in [0, 0.1) is 5.92 Å². The van der Waals surface area contributed by atoms with Crippen LogP contribution >= 0.6 is 11.3 Å². The van der Waals surface area contributed by atoms with Crippen LogP contribution in [0.4, 0.5) is 10.5 Å². The fourth-order valence-corrected chi connectivity index (χ4v) is 1.65. The molecule has 2 N–H and O–H groups in total. The molecule has 0 saturated carbocycles. The Morgan fingerprint density at radius 1 is 1.56 bits per heavy atom. The molecular weight excluding hydrogens is 230 g/mol. The second-order valence-corrected chi connectivity index (χ2v) is 4.50. The standard InChI is InChI=1S/C10H13NO4S/c1-6(2)5-15-10(14)11-7-3-4-16-8(7)9(12)13/h3-4,6H,5H2,1-2H3,(H,11,14)(H,12,13). The van der Waals surface area contributed by atoms with Gasteiger partial charge < -0.3 is 9.84 Å². The Morgan fingerprint density at radius 2 is 2.25 bits per heavy atom. The van der Waals surface area contributed by atoms with E-state index in [2.05, 4.69) is 5.32 Å². The molecule has 0 aliphatic carbocycles. The topological polar surface area (TPSA) is 75.6 Å². The Bertz CT molecular complexity index is 386. The third kappa shape index (κ3) is 3.54. The predicted molar refractivity (Wildman–Crippen MR) is 61.1 cm³/mol. The molecule has 1 aromatic heterocycles. The lowest BCUT2D eigenvalue weighted by Gasteiger charge is -2.08. The summed E-state index contributed by atoms with van der Waals surface area (Å²) in [7, 11) is 0. The second kappa shape index (κ2) is 5.50. The van der Waals surface area contributed by atoms with E-state index < -0.39 is 12.1 Å². The van der Waals surface area contributed by atoms with E-state index in [4.69, 9.17) is 9.84 Å². The maximum atomic E-state index is 11.3. The maximum Gasteiger partial charge on any atom is 0.411 e. The van der Waals surface area contributed by atoms with Crippen molar-refractivity contribution >= 4 is 29.1 Å². The molecule has 0 aliphatic heterocycles. The van der Waals surface area contributed by atoms with Crippen LogP contribution in [0.15, 0.2) is 11.4 Å². The third-order valence-electron chi connectivity index (χ3n) is 1.64. The first-order valence-electron chi connectivity index (χ1n) is 4.75. The fraction of sp³-hybridized carbons (Fsp3) is 0.400. The van der Waals surface area contributed by atoms with Gasteiger partial charge in [-0.2, -0.15) is 0 Å². The van der Waals surface area contributed by atoms with Crippen molar-refractivity contribution in [3.8, 4) is 0 Å². The summed E-state index contributed by atoms with van der Waals surface area (Å²) in [6.07, 6.45) is -0.630.